The summed E-state index contributed by atoms with van der Waals surface area (Å²) in [7, 11) is 1.55. The van der Waals surface area contributed by atoms with Crippen LogP contribution in [0.3, 0.4) is 0 Å². The Morgan fingerprint density at radius 1 is 1.68 bits per heavy atom. The highest BCUT2D eigenvalue weighted by atomic mass is 32.1. The summed E-state index contributed by atoms with van der Waals surface area (Å²) in [6.07, 6.45) is 0.0974. The second kappa shape index (κ2) is 5.47. The summed E-state index contributed by atoms with van der Waals surface area (Å²) in [4.78, 5) is 14.4. The predicted octanol–water partition coefficient (Wildman–Crippen LogP) is 0.787. The predicted molar refractivity (Wildman–Crippen MR) is 74.5 cm³/mol. The number of hydrogen-bond acceptors (Lipinski definition) is 6. The highest BCUT2D eigenvalue weighted by Crippen LogP contribution is 2.38. The smallest absolute Gasteiger partial charge is 0.256 e. The average molecular weight is 280 g/mol. The molecule has 1 unspecified atom stereocenters. The molecule has 2 rings (SSSR count). The molecule has 1 saturated heterocycles. The summed E-state index contributed by atoms with van der Waals surface area (Å²) >= 11 is 1.26. The number of ether oxygens (including phenoxy) is 1. The van der Waals surface area contributed by atoms with E-state index in [4.69, 9.17) is 15.7 Å². The van der Waals surface area contributed by atoms with Gasteiger partial charge in [-0.05, 0) is 6.92 Å². The minimum absolute atomic E-state index is 0.0974. The zero-order valence-electron chi connectivity index (χ0n) is 10.9. The lowest BCUT2D eigenvalue weighted by molar-refractivity contribution is 0.0533. The Hall–Kier alpha value is -1.78. The van der Waals surface area contributed by atoms with Crippen LogP contribution in [0.2, 0.25) is 0 Å². The molecule has 6 nitrogen and oxygen atoms in total. The molecule has 1 aromatic heterocycles. The zero-order chi connectivity index (χ0) is 14.0. The monoisotopic (exact) mass is 280 g/mol. The summed E-state index contributed by atoms with van der Waals surface area (Å²) in [6.45, 7) is 3.97. The van der Waals surface area contributed by atoms with Gasteiger partial charge in [-0.15, -0.1) is 11.3 Å². The maximum Gasteiger partial charge on any atom is 0.256 e. The fourth-order valence-corrected chi connectivity index (χ4v) is 3.14. The minimum Gasteiger partial charge on any atom is -0.396 e. The molecule has 0 spiro atoms. The first-order chi connectivity index (χ1) is 9.08. The third-order valence-corrected chi connectivity index (χ3v) is 4.18. The molecule has 1 aliphatic heterocycles. The summed E-state index contributed by atoms with van der Waals surface area (Å²) in [5.74, 6) is -0.260. The first-order valence-corrected chi connectivity index (χ1v) is 6.81. The number of carbonyl (C=O) groups is 1. The largest absolute Gasteiger partial charge is 0.396 e. The third kappa shape index (κ3) is 2.50. The van der Waals surface area contributed by atoms with Gasteiger partial charge in [-0.2, -0.15) is 5.26 Å². The number of nitrogen functional groups attached to an aromatic ring is 1. The molecule has 0 saturated carbocycles. The quantitative estimate of drug-likeness (QED) is 0.835. The summed E-state index contributed by atoms with van der Waals surface area (Å²) in [5.41, 5.74) is 6.57. The fraction of sp³-hybridized carbons (Fsp3) is 0.500. The molecule has 0 radical (unpaired) electrons. The topological polar surface area (TPSA) is 91.4 Å². The third-order valence-electron chi connectivity index (χ3n) is 3.01. The van der Waals surface area contributed by atoms with Crippen molar-refractivity contribution in [3.05, 3.63) is 10.4 Å². The van der Waals surface area contributed by atoms with E-state index in [0.717, 1.165) is 5.00 Å². The zero-order valence-corrected chi connectivity index (χ0v) is 11.7. The number of hydrogen-bond donors (Lipinski definition) is 2. The van der Waals surface area contributed by atoms with Crippen LogP contribution < -0.4 is 16.0 Å². The van der Waals surface area contributed by atoms with Crippen molar-refractivity contribution in [1.82, 2.24) is 5.32 Å². The number of rotatable bonds is 2. The van der Waals surface area contributed by atoms with E-state index in [1.165, 1.54) is 11.3 Å². The fourth-order valence-electron chi connectivity index (χ4n) is 2.08. The molecule has 0 aliphatic carbocycles. The molecular formula is C12H16N4O2S. The van der Waals surface area contributed by atoms with Crippen molar-refractivity contribution in [1.29, 1.82) is 5.26 Å². The molecule has 7 heteroatoms. The van der Waals surface area contributed by atoms with Crippen molar-refractivity contribution in [2.24, 2.45) is 0 Å². The van der Waals surface area contributed by atoms with E-state index < -0.39 is 0 Å². The number of nitriles is 1. The van der Waals surface area contributed by atoms with Crippen LogP contribution in [-0.4, -0.2) is 38.8 Å². The maximum atomic E-state index is 12.0. The second-order valence-electron chi connectivity index (χ2n) is 4.34. The van der Waals surface area contributed by atoms with Crippen LogP contribution in [0.4, 0.5) is 10.7 Å². The van der Waals surface area contributed by atoms with Crippen molar-refractivity contribution in [3.63, 3.8) is 0 Å². The number of nitrogens with one attached hydrogen (secondary N) is 1. The van der Waals surface area contributed by atoms with Gasteiger partial charge >= 0.3 is 0 Å². The lowest BCUT2D eigenvalue weighted by Gasteiger charge is -2.32. The molecule has 0 bridgehead atoms. The van der Waals surface area contributed by atoms with E-state index in [9.17, 15) is 4.79 Å². The lowest BCUT2D eigenvalue weighted by Crippen LogP contribution is -2.41. The minimum atomic E-state index is -0.260. The molecule has 1 aliphatic rings. The van der Waals surface area contributed by atoms with E-state index >= 15 is 0 Å². The van der Waals surface area contributed by atoms with Gasteiger partial charge in [0.05, 0.1) is 24.0 Å². The van der Waals surface area contributed by atoms with E-state index in [1.54, 1.807) is 7.05 Å². The molecule has 19 heavy (non-hydrogen) atoms. The van der Waals surface area contributed by atoms with Crippen LogP contribution in [0.25, 0.3) is 0 Å². The summed E-state index contributed by atoms with van der Waals surface area (Å²) in [6, 6.07) is 2.04. The van der Waals surface area contributed by atoms with Crippen LogP contribution in [0, 0.1) is 11.3 Å². The Labute approximate surface area is 115 Å². The first kappa shape index (κ1) is 13.6. The number of morpholine rings is 1. The van der Waals surface area contributed by atoms with Gasteiger partial charge in [0.15, 0.2) is 0 Å². The molecule has 1 aromatic rings. The van der Waals surface area contributed by atoms with Crippen LogP contribution in [0.5, 0.6) is 0 Å². The molecule has 1 fully saturated rings. The number of carbonyl (C=O) groups excluding carboxylic acids is 1. The first-order valence-electron chi connectivity index (χ1n) is 5.99. The maximum absolute atomic E-state index is 12.0. The normalized spacial score (nSPS) is 19.0. The van der Waals surface area contributed by atoms with E-state index in [-0.39, 0.29) is 17.7 Å². The number of nitrogens with two attached hydrogens (primary N) is 1. The molecule has 1 amide bonds. The Balaban J connectivity index is 2.44. The number of thiophene rings is 1. The Kier molecular flexibility index (Phi) is 3.93. The Bertz CT molecular complexity index is 535. The van der Waals surface area contributed by atoms with Gasteiger partial charge in [-0.3, -0.25) is 4.79 Å². The highest BCUT2D eigenvalue weighted by molar-refractivity contribution is 7.17. The van der Waals surface area contributed by atoms with E-state index in [0.29, 0.717) is 30.1 Å². The van der Waals surface area contributed by atoms with Gasteiger partial charge < -0.3 is 20.7 Å². The molecule has 2 heterocycles. The van der Waals surface area contributed by atoms with E-state index in [1.807, 2.05) is 13.0 Å². The van der Waals surface area contributed by atoms with Crippen molar-refractivity contribution in [2.75, 3.05) is 37.4 Å². The van der Waals surface area contributed by atoms with Gasteiger partial charge in [-0.25, -0.2) is 0 Å². The van der Waals surface area contributed by atoms with Crippen LogP contribution in [-0.2, 0) is 4.74 Å². The lowest BCUT2D eigenvalue weighted by atomic mass is 10.2. The molecule has 3 N–H and O–H groups in total. The second-order valence-corrected chi connectivity index (χ2v) is 5.34. The van der Waals surface area contributed by atoms with Crippen LogP contribution >= 0.6 is 11.3 Å². The van der Waals surface area contributed by atoms with Gasteiger partial charge in [0.2, 0.25) is 0 Å². The Morgan fingerprint density at radius 2 is 2.42 bits per heavy atom. The number of amides is 1. The number of nitrogens with zero attached hydrogens (tertiary/aromatic N) is 2. The van der Waals surface area contributed by atoms with Crippen molar-refractivity contribution >= 4 is 27.9 Å². The van der Waals surface area contributed by atoms with Gasteiger partial charge in [-0.1, -0.05) is 0 Å². The van der Waals surface area contributed by atoms with Gasteiger partial charge in [0.25, 0.3) is 5.91 Å². The summed E-state index contributed by atoms with van der Waals surface area (Å²) < 4.78 is 5.49. The average Bonchev–Trinajstić information content (AvgIpc) is 2.75. The molecule has 1 atom stereocenters. The number of anilines is 2. The standard InChI is InChI=1S/C12H16N4O2S/c1-7-6-16(3-4-18-7)12-9(11(17)15-2)10(14)8(5-13)19-12/h7H,3-4,6,14H2,1-2H3,(H,15,17). The van der Waals surface area contributed by atoms with E-state index in [2.05, 4.69) is 10.2 Å². The van der Waals surface area contributed by atoms with Crippen molar-refractivity contribution < 1.29 is 9.53 Å². The van der Waals surface area contributed by atoms with Crippen molar-refractivity contribution in [3.8, 4) is 6.07 Å². The molecule has 0 aromatic carbocycles. The SMILES string of the molecule is CNC(=O)c1c(N2CCOC(C)C2)sc(C#N)c1N. The molecule has 102 valence electrons. The highest BCUT2D eigenvalue weighted by Gasteiger charge is 2.27. The van der Waals surface area contributed by atoms with Gasteiger partial charge in [0, 0.05) is 20.1 Å². The summed E-state index contributed by atoms with van der Waals surface area (Å²) in [5, 5.41) is 12.4. The van der Waals surface area contributed by atoms with Crippen molar-refractivity contribution in [2.45, 2.75) is 13.0 Å². The van der Waals surface area contributed by atoms with Gasteiger partial charge in [0.1, 0.15) is 15.9 Å². The van der Waals surface area contributed by atoms with Crippen LogP contribution in [0.1, 0.15) is 22.2 Å². The molecular weight excluding hydrogens is 264 g/mol. The Morgan fingerprint density at radius 3 is 3.00 bits per heavy atom. The van der Waals surface area contributed by atoms with Crippen LogP contribution in [0.15, 0.2) is 0 Å².